The Hall–Kier alpha value is -1.32. The van der Waals surface area contributed by atoms with Crippen LogP contribution in [0.4, 0.5) is 11.6 Å². The molecule has 2 heterocycles. The van der Waals surface area contributed by atoms with Gasteiger partial charge in [0.05, 0.1) is 0 Å². The van der Waals surface area contributed by atoms with Crippen LogP contribution < -0.4 is 10.2 Å². The fraction of sp³-hybridized carbons (Fsp3) is 0.667. The predicted molar refractivity (Wildman–Crippen MR) is 66.9 cm³/mol. The van der Waals surface area contributed by atoms with Crippen molar-refractivity contribution in [2.45, 2.75) is 32.6 Å². The first-order chi connectivity index (χ1) is 7.90. The molecule has 4 heteroatoms. The maximum absolute atomic E-state index is 4.36. The number of anilines is 2. The lowest BCUT2D eigenvalue weighted by atomic mass is 10.2. The third-order valence-electron chi connectivity index (χ3n) is 2.94. The van der Waals surface area contributed by atoms with Gasteiger partial charge in [-0.25, -0.2) is 9.97 Å². The second kappa shape index (κ2) is 5.68. The monoisotopic (exact) mass is 220 g/mol. The Bertz CT molecular complexity index is 319. The molecule has 1 N–H and O–H groups in total. The minimum absolute atomic E-state index is 0.899. The molecule has 0 saturated carbocycles. The summed E-state index contributed by atoms with van der Waals surface area (Å²) < 4.78 is 0. The van der Waals surface area contributed by atoms with Crippen LogP contribution in [0.5, 0.6) is 0 Å². The van der Waals surface area contributed by atoms with Crippen LogP contribution in [-0.2, 0) is 0 Å². The van der Waals surface area contributed by atoms with E-state index in [0.29, 0.717) is 0 Å². The van der Waals surface area contributed by atoms with Crippen LogP contribution >= 0.6 is 0 Å². The van der Waals surface area contributed by atoms with Crippen molar-refractivity contribution in [3.8, 4) is 0 Å². The smallest absolute Gasteiger partial charge is 0.134 e. The molecule has 0 atom stereocenters. The number of hydrogen-bond donors (Lipinski definition) is 1. The van der Waals surface area contributed by atoms with Crippen LogP contribution in [0.25, 0.3) is 0 Å². The van der Waals surface area contributed by atoms with Crippen LogP contribution in [0.3, 0.4) is 0 Å². The minimum Gasteiger partial charge on any atom is -0.370 e. The van der Waals surface area contributed by atoms with E-state index >= 15 is 0 Å². The molecule has 0 unspecified atom stereocenters. The maximum Gasteiger partial charge on any atom is 0.134 e. The van der Waals surface area contributed by atoms with Gasteiger partial charge in [-0.15, -0.1) is 0 Å². The molecule has 2 rings (SSSR count). The zero-order valence-electron chi connectivity index (χ0n) is 9.95. The van der Waals surface area contributed by atoms with Gasteiger partial charge in [-0.2, -0.15) is 0 Å². The van der Waals surface area contributed by atoms with Crippen molar-refractivity contribution in [2.24, 2.45) is 0 Å². The summed E-state index contributed by atoms with van der Waals surface area (Å²) in [6.45, 7) is 5.23. The Morgan fingerprint density at radius 1 is 1.19 bits per heavy atom. The molecule has 0 spiro atoms. The molecule has 0 radical (unpaired) electrons. The number of aromatic nitrogens is 2. The topological polar surface area (TPSA) is 41.0 Å². The van der Waals surface area contributed by atoms with E-state index in [-0.39, 0.29) is 0 Å². The van der Waals surface area contributed by atoms with Gasteiger partial charge in [0.1, 0.15) is 18.0 Å². The highest BCUT2D eigenvalue weighted by molar-refractivity contribution is 5.48. The second-order valence-electron chi connectivity index (χ2n) is 4.19. The van der Waals surface area contributed by atoms with Crippen molar-refractivity contribution < 1.29 is 0 Å². The Morgan fingerprint density at radius 3 is 2.62 bits per heavy atom. The van der Waals surface area contributed by atoms with Crippen molar-refractivity contribution in [1.82, 2.24) is 9.97 Å². The third-order valence-corrected chi connectivity index (χ3v) is 2.94. The minimum atomic E-state index is 0.899. The van der Waals surface area contributed by atoms with Crippen molar-refractivity contribution in [2.75, 3.05) is 29.9 Å². The second-order valence-corrected chi connectivity index (χ2v) is 4.19. The summed E-state index contributed by atoms with van der Waals surface area (Å²) in [7, 11) is 0. The lowest BCUT2D eigenvalue weighted by Gasteiger charge is -2.21. The standard InChI is InChI=1S/C12H20N4/c1-2-13-11-9-12(15-10-14-11)16-7-5-3-4-6-8-16/h9-10H,2-8H2,1H3,(H,13,14,15). The van der Waals surface area contributed by atoms with E-state index in [1.807, 2.05) is 0 Å². The summed E-state index contributed by atoms with van der Waals surface area (Å²) >= 11 is 0. The summed E-state index contributed by atoms with van der Waals surface area (Å²) in [4.78, 5) is 10.9. The van der Waals surface area contributed by atoms with Gasteiger partial charge in [0, 0.05) is 25.7 Å². The molecule has 1 aliphatic rings. The first-order valence-electron chi connectivity index (χ1n) is 6.21. The van der Waals surface area contributed by atoms with E-state index < -0.39 is 0 Å². The van der Waals surface area contributed by atoms with Crippen molar-refractivity contribution >= 4 is 11.6 Å². The van der Waals surface area contributed by atoms with E-state index in [2.05, 4.69) is 33.2 Å². The molecule has 4 nitrogen and oxygen atoms in total. The Labute approximate surface area is 97.1 Å². The van der Waals surface area contributed by atoms with Gasteiger partial charge in [0.2, 0.25) is 0 Å². The van der Waals surface area contributed by atoms with Crippen LogP contribution in [0.1, 0.15) is 32.6 Å². The SMILES string of the molecule is CCNc1cc(N2CCCCCC2)ncn1. The van der Waals surface area contributed by atoms with E-state index in [9.17, 15) is 0 Å². The lowest BCUT2D eigenvalue weighted by Crippen LogP contribution is -2.25. The van der Waals surface area contributed by atoms with Gasteiger partial charge in [-0.3, -0.25) is 0 Å². The van der Waals surface area contributed by atoms with Gasteiger partial charge in [-0.1, -0.05) is 12.8 Å². The van der Waals surface area contributed by atoms with E-state index in [0.717, 1.165) is 31.3 Å². The highest BCUT2D eigenvalue weighted by atomic mass is 15.2. The fourth-order valence-corrected chi connectivity index (χ4v) is 2.10. The highest BCUT2D eigenvalue weighted by Crippen LogP contribution is 2.18. The first kappa shape index (κ1) is 11.2. The molecule has 1 aliphatic heterocycles. The Balaban J connectivity index is 2.08. The molecule has 0 aliphatic carbocycles. The number of nitrogens with one attached hydrogen (secondary N) is 1. The number of hydrogen-bond acceptors (Lipinski definition) is 4. The molecule has 0 amide bonds. The van der Waals surface area contributed by atoms with Crippen molar-refractivity contribution in [3.05, 3.63) is 12.4 Å². The van der Waals surface area contributed by atoms with E-state index in [1.54, 1.807) is 6.33 Å². The highest BCUT2D eigenvalue weighted by Gasteiger charge is 2.11. The maximum atomic E-state index is 4.36. The molecule has 0 aromatic carbocycles. The largest absolute Gasteiger partial charge is 0.370 e. The van der Waals surface area contributed by atoms with E-state index in [1.165, 1.54) is 25.7 Å². The molecule has 1 saturated heterocycles. The van der Waals surface area contributed by atoms with Crippen LogP contribution in [0, 0.1) is 0 Å². The predicted octanol–water partition coefficient (Wildman–Crippen LogP) is 2.29. The number of rotatable bonds is 3. The fourth-order valence-electron chi connectivity index (χ4n) is 2.10. The molecule has 1 aromatic heterocycles. The quantitative estimate of drug-likeness (QED) is 0.848. The molecule has 88 valence electrons. The third kappa shape index (κ3) is 2.84. The van der Waals surface area contributed by atoms with Crippen LogP contribution in [0.2, 0.25) is 0 Å². The zero-order chi connectivity index (χ0) is 11.2. The summed E-state index contributed by atoms with van der Waals surface area (Å²) in [5, 5.41) is 3.22. The normalized spacial score (nSPS) is 16.9. The van der Waals surface area contributed by atoms with Crippen LogP contribution in [0.15, 0.2) is 12.4 Å². The molecule has 0 bridgehead atoms. The molecule has 1 aromatic rings. The molecule has 1 fully saturated rings. The van der Waals surface area contributed by atoms with Gasteiger partial charge in [-0.05, 0) is 19.8 Å². The number of nitrogens with zero attached hydrogens (tertiary/aromatic N) is 3. The summed E-state index contributed by atoms with van der Waals surface area (Å²) in [6.07, 6.45) is 6.91. The zero-order valence-corrected chi connectivity index (χ0v) is 9.95. The molecule has 16 heavy (non-hydrogen) atoms. The summed E-state index contributed by atoms with van der Waals surface area (Å²) in [5.41, 5.74) is 0. The van der Waals surface area contributed by atoms with Gasteiger partial charge in [0.15, 0.2) is 0 Å². The lowest BCUT2D eigenvalue weighted by molar-refractivity contribution is 0.726. The van der Waals surface area contributed by atoms with Crippen molar-refractivity contribution in [3.63, 3.8) is 0 Å². The van der Waals surface area contributed by atoms with Crippen molar-refractivity contribution in [1.29, 1.82) is 0 Å². The Morgan fingerprint density at radius 2 is 1.94 bits per heavy atom. The summed E-state index contributed by atoms with van der Waals surface area (Å²) in [5.74, 6) is 1.99. The van der Waals surface area contributed by atoms with Gasteiger partial charge in [0.25, 0.3) is 0 Å². The Kier molecular flexibility index (Phi) is 3.97. The summed E-state index contributed by atoms with van der Waals surface area (Å²) in [6, 6.07) is 2.05. The van der Waals surface area contributed by atoms with Gasteiger partial charge < -0.3 is 10.2 Å². The van der Waals surface area contributed by atoms with Gasteiger partial charge >= 0.3 is 0 Å². The first-order valence-corrected chi connectivity index (χ1v) is 6.21. The molecular weight excluding hydrogens is 200 g/mol. The average Bonchev–Trinajstić information content (AvgIpc) is 2.58. The van der Waals surface area contributed by atoms with E-state index in [4.69, 9.17) is 0 Å². The van der Waals surface area contributed by atoms with Crippen LogP contribution in [-0.4, -0.2) is 29.6 Å². The average molecular weight is 220 g/mol. The molecular formula is C12H20N4.